The molecule has 0 atom stereocenters. The van der Waals surface area contributed by atoms with E-state index < -0.39 is 11.7 Å². The van der Waals surface area contributed by atoms with Crippen LogP contribution in [0.4, 0.5) is 13.2 Å². The van der Waals surface area contributed by atoms with Gasteiger partial charge in [-0.2, -0.15) is 13.2 Å². The number of fused-ring (bicyclic) bond motifs is 1. The first-order chi connectivity index (χ1) is 10.4. The fourth-order valence-electron chi connectivity index (χ4n) is 1.99. The largest absolute Gasteiger partial charge is 0.480 e. The number of ether oxygens (including phenoxy) is 1. The lowest BCUT2D eigenvalue weighted by Gasteiger charge is -2.07. The second-order valence-corrected chi connectivity index (χ2v) is 5.06. The third-order valence-electron chi connectivity index (χ3n) is 3.01. The fourth-order valence-corrected chi connectivity index (χ4v) is 2.55. The van der Waals surface area contributed by atoms with Crippen molar-refractivity contribution in [1.82, 2.24) is 19.7 Å². The van der Waals surface area contributed by atoms with Gasteiger partial charge in [-0.25, -0.2) is 4.98 Å². The number of nitrogens with zero attached hydrogens (tertiary/aromatic N) is 4. The van der Waals surface area contributed by atoms with Crippen molar-refractivity contribution in [3.05, 3.63) is 40.6 Å². The average molecular weight is 373 g/mol. The van der Waals surface area contributed by atoms with Gasteiger partial charge in [0.05, 0.1) is 23.7 Å². The van der Waals surface area contributed by atoms with Crippen LogP contribution >= 0.6 is 15.9 Å². The second kappa shape index (κ2) is 5.24. The smallest absolute Gasteiger partial charge is 0.416 e. The summed E-state index contributed by atoms with van der Waals surface area (Å²) in [5.41, 5.74) is -0.0587. The molecule has 0 saturated heterocycles. The van der Waals surface area contributed by atoms with E-state index in [1.807, 2.05) is 0 Å². The Morgan fingerprint density at radius 3 is 2.50 bits per heavy atom. The maximum absolute atomic E-state index is 12.7. The van der Waals surface area contributed by atoms with Crippen molar-refractivity contribution in [2.24, 2.45) is 0 Å². The highest BCUT2D eigenvalue weighted by Crippen LogP contribution is 2.32. The molecule has 0 bridgehead atoms. The molecule has 0 unspecified atom stereocenters. The third-order valence-corrected chi connectivity index (χ3v) is 3.54. The van der Waals surface area contributed by atoms with E-state index in [9.17, 15) is 13.2 Å². The first kappa shape index (κ1) is 14.8. The number of benzene rings is 1. The van der Waals surface area contributed by atoms with Crippen molar-refractivity contribution in [2.75, 3.05) is 7.11 Å². The van der Waals surface area contributed by atoms with Crippen LogP contribution < -0.4 is 4.74 Å². The van der Waals surface area contributed by atoms with Crippen LogP contribution in [0.1, 0.15) is 5.56 Å². The first-order valence-corrected chi connectivity index (χ1v) is 6.83. The molecule has 1 aromatic carbocycles. The molecule has 2 aromatic heterocycles. The van der Waals surface area contributed by atoms with Gasteiger partial charge in [0.2, 0.25) is 5.88 Å². The average Bonchev–Trinajstić information content (AvgIpc) is 2.81. The second-order valence-electron chi connectivity index (χ2n) is 4.35. The van der Waals surface area contributed by atoms with Crippen LogP contribution in [-0.2, 0) is 6.18 Å². The lowest BCUT2D eigenvalue weighted by atomic mass is 10.2. The van der Waals surface area contributed by atoms with E-state index in [1.54, 1.807) is 16.7 Å². The van der Waals surface area contributed by atoms with Gasteiger partial charge < -0.3 is 4.74 Å². The molecule has 3 rings (SSSR count). The molecule has 0 N–H and O–H groups in total. The zero-order chi connectivity index (χ0) is 15.9. The van der Waals surface area contributed by atoms with Crippen LogP contribution in [0, 0.1) is 0 Å². The van der Waals surface area contributed by atoms with Gasteiger partial charge in [-0.1, -0.05) is 0 Å². The Hall–Kier alpha value is -2.16. The number of alkyl halides is 3. The van der Waals surface area contributed by atoms with E-state index in [0.717, 1.165) is 12.1 Å². The Morgan fingerprint density at radius 2 is 1.91 bits per heavy atom. The summed E-state index contributed by atoms with van der Waals surface area (Å²) in [6.45, 7) is 0. The molecule has 0 amide bonds. The molecule has 0 saturated carbocycles. The number of imidazole rings is 1. The summed E-state index contributed by atoms with van der Waals surface area (Å²) < 4.78 is 45.1. The lowest BCUT2D eigenvalue weighted by Crippen LogP contribution is -2.04. The predicted octanol–water partition coefficient (Wildman–Crippen LogP) is 3.61. The quantitative estimate of drug-likeness (QED) is 0.689. The molecule has 3 aromatic rings. The standard InChI is InChI=1S/C13H8BrF3N4O/c1-22-11-5-4-10(19-20-11)21-9-3-2-7(13(15,16)17)6-8(9)18-12(21)14/h2-6H,1H3. The maximum Gasteiger partial charge on any atom is 0.416 e. The molecule has 0 fully saturated rings. The molecule has 9 heteroatoms. The van der Waals surface area contributed by atoms with Crippen molar-refractivity contribution >= 4 is 27.0 Å². The Morgan fingerprint density at radius 1 is 1.14 bits per heavy atom. The molecule has 22 heavy (non-hydrogen) atoms. The summed E-state index contributed by atoms with van der Waals surface area (Å²) in [5, 5.41) is 7.81. The molecule has 2 heterocycles. The normalized spacial score (nSPS) is 11.9. The van der Waals surface area contributed by atoms with Crippen molar-refractivity contribution < 1.29 is 17.9 Å². The van der Waals surface area contributed by atoms with Crippen LogP contribution in [0.2, 0.25) is 0 Å². The molecule has 0 radical (unpaired) electrons. The van der Waals surface area contributed by atoms with Gasteiger partial charge in [-0.15, -0.1) is 10.2 Å². The molecular weight excluding hydrogens is 365 g/mol. The number of hydrogen-bond donors (Lipinski definition) is 0. The zero-order valence-electron chi connectivity index (χ0n) is 11.1. The van der Waals surface area contributed by atoms with Crippen molar-refractivity contribution in [3.8, 4) is 11.7 Å². The summed E-state index contributed by atoms with van der Waals surface area (Å²) in [4.78, 5) is 4.09. The SMILES string of the molecule is COc1ccc(-n2c(Br)nc3cc(C(F)(F)F)ccc32)nn1. The predicted molar refractivity (Wildman–Crippen MR) is 75.9 cm³/mol. The highest BCUT2D eigenvalue weighted by atomic mass is 79.9. The van der Waals surface area contributed by atoms with E-state index in [-0.39, 0.29) is 5.52 Å². The minimum absolute atomic E-state index is 0.208. The Labute approximate surface area is 130 Å². The van der Waals surface area contributed by atoms with Gasteiger partial charge in [0.25, 0.3) is 0 Å². The highest BCUT2D eigenvalue weighted by molar-refractivity contribution is 9.10. The van der Waals surface area contributed by atoms with E-state index >= 15 is 0 Å². The van der Waals surface area contributed by atoms with Crippen LogP contribution in [0.15, 0.2) is 35.1 Å². The van der Waals surface area contributed by atoms with Gasteiger partial charge in [0, 0.05) is 6.07 Å². The van der Waals surface area contributed by atoms with E-state index in [2.05, 4.69) is 31.1 Å². The van der Waals surface area contributed by atoms with Crippen LogP contribution in [0.3, 0.4) is 0 Å². The third kappa shape index (κ3) is 2.52. The zero-order valence-corrected chi connectivity index (χ0v) is 12.7. The molecule has 5 nitrogen and oxygen atoms in total. The number of rotatable bonds is 2. The Bertz CT molecular complexity index is 830. The lowest BCUT2D eigenvalue weighted by molar-refractivity contribution is -0.137. The molecule has 0 aliphatic carbocycles. The van der Waals surface area contributed by atoms with Crippen molar-refractivity contribution in [3.63, 3.8) is 0 Å². The molecule has 0 spiro atoms. The molecular formula is C13H8BrF3N4O. The van der Waals surface area contributed by atoms with Crippen molar-refractivity contribution in [2.45, 2.75) is 6.18 Å². The Kier molecular flexibility index (Phi) is 3.51. The van der Waals surface area contributed by atoms with Gasteiger partial charge in [0.1, 0.15) is 0 Å². The van der Waals surface area contributed by atoms with Crippen molar-refractivity contribution in [1.29, 1.82) is 0 Å². The Balaban J connectivity index is 2.15. The van der Waals surface area contributed by atoms with Crippen LogP contribution in [0.25, 0.3) is 16.9 Å². The van der Waals surface area contributed by atoms with Crippen LogP contribution in [-0.4, -0.2) is 26.9 Å². The summed E-state index contributed by atoms with van der Waals surface area (Å²) in [6, 6.07) is 6.58. The minimum atomic E-state index is -4.41. The molecule has 0 aliphatic heterocycles. The van der Waals surface area contributed by atoms with Gasteiger partial charge in [-0.05, 0) is 40.2 Å². The van der Waals surface area contributed by atoms with E-state index in [4.69, 9.17) is 4.74 Å². The summed E-state index contributed by atoms with van der Waals surface area (Å²) in [5.74, 6) is 0.749. The number of hydrogen-bond acceptors (Lipinski definition) is 4. The van der Waals surface area contributed by atoms with E-state index in [0.29, 0.717) is 21.9 Å². The van der Waals surface area contributed by atoms with Crippen LogP contribution in [0.5, 0.6) is 5.88 Å². The highest BCUT2D eigenvalue weighted by Gasteiger charge is 2.31. The monoisotopic (exact) mass is 372 g/mol. The molecule has 114 valence electrons. The van der Waals surface area contributed by atoms with Gasteiger partial charge >= 0.3 is 6.18 Å². The minimum Gasteiger partial charge on any atom is -0.480 e. The number of aromatic nitrogens is 4. The summed E-state index contributed by atoms with van der Waals surface area (Å²) in [6.07, 6.45) is -4.41. The van der Waals surface area contributed by atoms with E-state index in [1.165, 1.54) is 13.2 Å². The number of methoxy groups -OCH3 is 1. The maximum atomic E-state index is 12.7. The van der Waals surface area contributed by atoms with Gasteiger partial charge in [-0.3, -0.25) is 4.57 Å². The van der Waals surface area contributed by atoms with Gasteiger partial charge in [0.15, 0.2) is 10.6 Å². The topological polar surface area (TPSA) is 52.8 Å². The molecule has 0 aliphatic rings. The fraction of sp³-hybridized carbons (Fsp3) is 0.154. The first-order valence-electron chi connectivity index (χ1n) is 6.03. The summed E-state index contributed by atoms with van der Waals surface area (Å²) in [7, 11) is 1.46. The summed E-state index contributed by atoms with van der Waals surface area (Å²) >= 11 is 3.23. The number of halogens is 4.